The molecule has 1 unspecified atom stereocenters. The minimum atomic E-state index is -0.286. The van der Waals surface area contributed by atoms with Gasteiger partial charge in [-0.1, -0.05) is 18.7 Å². The lowest BCUT2D eigenvalue weighted by atomic mass is 9.99. The molecule has 31 heavy (non-hydrogen) atoms. The summed E-state index contributed by atoms with van der Waals surface area (Å²) in [5, 5.41) is 9.36. The number of hydrogen-bond acceptors (Lipinski definition) is 5. The molecule has 164 valence electrons. The van der Waals surface area contributed by atoms with Crippen molar-refractivity contribution in [1.82, 2.24) is 14.7 Å². The third kappa shape index (κ3) is 3.62. The predicted molar refractivity (Wildman–Crippen MR) is 115 cm³/mol. The van der Waals surface area contributed by atoms with Crippen LogP contribution in [0.3, 0.4) is 0 Å². The van der Waals surface area contributed by atoms with Crippen LogP contribution in [-0.4, -0.2) is 64.4 Å². The second kappa shape index (κ2) is 7.92. The Hall–Kier alpha value is -2.43. The summed E-state index contributed by atoms with van der Waals surface area (Å²) in [6.45, 7) is 6.39. The monoisotopic (exact) mass is 423 g/mol. The van der Waals surface area contributed by atoms with Crippen molar-refractivity contribution in [1.29, 1.82) is 5.26 Å². The van der Waals surface area contributed by atoms with Gasteiger partial charge in [-0.25, -0.2) is 4.39 Å². The average Bonchev–Trinajstić information content (AvgIpc) is 3.20. The number of rotatable bonds is 7. The largest absolute Gasteiger partial charge is 0.358 e. The third-order valence-corrected chi connectivity index (χ3v) is 7.52. The highest BCUT2D eigenvalue weighted by Crippen LogP contribution is 2.49. The molecule has 3 heterocycles. The summed E-state index contributed by atoms with van der Waals surface area (Å²) in [6.07, 6.45) is 4.90. The Kier molecular flexibility index (Phi) is 5.23. The van der Waals surface area contributed by atoms with Gasteiger partial charge in [0.05, 0.1) is 24.2 Å². The number of amides is 1. The first-order valence-corrected chi connectivity index (χ1v) is 11.4. The fourth-order valence-electron chi connectivity index (χ4n) is 5.80. The van der Waals surface area contributed by atoms with Crippen LogP contribution in [0.5, 0.6) is 0 Å². The van der Waals surface area contributed by atoms with Gasteiger partial charge in [0.1, 0.15) is 11.9 Å². The summed E-state index contributed by atoms with van der Waals surface area (Å²) in [7, 11) is 0. The van der Waals surface area contributed by atoms with E-state index in [0.29, 0.717) is 12.5 Å². The molecule has 1 aliphatic carbocycles. The van der Waals surface area contributed by atoms with Crippen LogP contribution in [0, 0.1) is 23.1 Å². The van der Waals surface area contributed by atoms with Crippen molar-refractivity contribution in [3.05, 3.63) is 47.9 Å². The Balaban J connectivity index is 1.26. The molecule has 7 heteroatoms. The molecular weight excluding hydrogens is 393 g/mol. The molecule has 5 rings (SSSR count). The van der Waals surface area contributed by atoms with E-state index in [2.05, 4.69) is 22.4 Å². The molecule has 0 radical (unpaired) electrons. The van der Waals surface area contributed by atoms with E-state index in [1.165, 1.54) is 12.1 Å². The second-order valence-corrected chi connectivity index (χ2v) is 9.52. The van der Waals surface area contributed by atoms with Crippen molar-refractivity contribution in [2.24, 2.45) is 11.7 Å². The molecule has 1 amide bonds. The van der Waals surface area contributed by atoms with Crippen LogP contribution in [0.2, 0.25) is 0 Å². The summed E-state index contributed by atoms with van der Waals surface area (Å²) in [6, 6.07) is 8.65. The molecular formula is C24H30FN5O. The number of hydrogen-bond donors (Lipinski definition) is 1. The van der Waals surface area contributed by atoms with E-state index in [-0.39, 0.29) is 41.9 Å². The molecule has 1 aromatic carbocycles. The lowest BCUT2D eigenvalue weighted by molar-refractivity contribution is -0.140. The van der Waals surface area contributed by atoms with E-state index in [4.69, 9.17) is 5.73 Å². The van der Waals surface area contributed by atoms with Gasteiger partial charge in [0.25, 0.3) is 0 Å². The van der Waals surface area contributed by atoms with Gasteiger partial charge in [0.15, 0.2) is 0 Å². The van der Waals surface area contributed by atoms with Crippen molar-refractivity contribution < 1.29 is 9.18 Å². The molecule has 0 aromatic heterocycles. The van der Waals surface area contributed by atoms with Gasteiger partial charge in [-0.05, 0) is 55.7 Å². The molecule has 2 bridgehead atoms. The van der Waals surface area contributed by atoms with E-state index in [1.54, 1.807) is 0 Å². The number of halogens is 1. The lowest BCUT2D eigenvalue weighted by Gasteiger charge is -2.40. The van der Waals surface area contributed by atoms with Crippen LogP contribution < -0.4 is 5.73 Å². The van der Waals surface area contributed by atoms with E-state index < -0.39 is 0 Å². The van der Waals surface area contributed by atoms with Gasteiger partial charge in [-0.2, -0.15) is 5.26 Å². The Morgan fingerprint density at radius 2 is 2.03 bits per heavy atom. The van der Waals surface area contributed by atoms with Crippen LogP contribution >= 0.6 is 0 Å². The third-order valence-electron chi connectivity index (χ3n) is 7.52. The maximum absolute atomic E-state index is 13.4. The van der Waals surface area contributed by atoms with E-state index >= 15 is 0 Å². The topological polar surface area (TPSA) is 76.6 Å². The summed E-state index contributed by atoms with van der Waals surface area (Å²) >= 11 is 0. The molecule has 3 saturated heterocycles. The van der Waals surface area contributed by atoms with Crippen molar-refractivity contribution in [2.75, 3.05) is 19.6 Å². The van der Waals surface area contributed by atoms with Crippen LogP contribution in [0.4, 0.5) is 4.39 Å². The fraction of sp³-hybridized carbons (Fsp3) is 0.583. The van der Waals surface area contributed by atoms with Crippen LogP contribution in [0.15, 0.2) is 36.5 Å². The van der Waals surface area contributed by atoms with Crippen LogP contribution in [-0.2, 0) is 4.79 Å². The molecule has 2 N–H and O–H groups in total. The Morgan fingerprint density at radius 1 is 1.29 bits per heavy atom. The summed E-state index contributed by atoms with van der Waals surface area (Å²) < 4.78 is 13.4. The first kappa shape index (κ1) is 20.5. The standard InChI is InChI=1S/C24H30FN5O/c1-15(29-10-2-3-19(29)12-26)21(27)14-28-13-20-11-22(28)24(31)30(20)23(16-4-5-16)17-6-8-18(25)9-7-17/h6-9,16,19-23H,1-5,10-11,13-14,27H2/t19-,20-,21-,22-,23?/m0/s1. The number of nitriles is 1. The number of piperazine rings is 1. The Morgan fingerprint density at radius 3 is 2.68 bits per heavy atom. The molecule has 4 aliphatic rings. The quantitative estimate of drug-likeness (QED) is 0.729. The Labute approximate surface area is 183 Å². The number of fused-ring (bicyclic) bond motifs is 2. The molecule has 1 aromatic rings. The SMILES string of the molecule is C=C([C@@H](N)CN1C[C@@H]2C[C@H]1C(=O)N2C(c1ccc(F)cc1)C1CC1)N1CCC[C@H]1C#N. The summed E-state index contributed by atoms with van der Waals surface area (Å²) in [5.41, 5.74) is 8.32. The fourth-order valence-corrected chi connectivity index (χ4v) is 5.80. The summed E-state index contributed by atoms with van der Waals surface area (Å²) in [5.74, 6) is 0.401. The second-order valence-electron chi connectivity index (χ2n) is 9.52. The number of carbonyl (C=O) groups is 1. The normalized spacial score (nSPS) is 30.0. The zero-order valence-electron chi connectivity index (χ0n) is 17.8. The van der Waals surface area contributed by atoms with Gasteiger partial charge in [0.2, 0.25) is 5.91 Å². The van der Waals surface area contributed by atoms with E-state index in [1.807, 2.05) is 17.0 Å². The van der Waals surface area contributed by atoms with Crippen LogP contribution in [0.25, 0.3) is 0 Å². The van der Waals surface area contributed by atoms with Gasteiger partial charge < -0.3 is 15.5 Å². The highest BCUT2D eigenvalue weighted by molar-refractivity contribution is 5.86. The van der Waals surface area contributed by atoms with Crippen LogP contribution in [0.1, 0.15) is 43.7 Å². The smallest absolute Gasteiger partial charge is 0.240 e. The number of nitrogens with zero attached hydrogens (tertiary/aromatic N) is 4. The highest BCUT2D eigenvalue weighted by Gasteiger charge is 2.54. The number of nitrogens with two attached hydrogens (primary N) is 1. The molecule has 0 spiro atoms. The predicted octanol–water partition coefficient (Wildman–Crippen LogP) is 2.39. The molecule has 1 saturated carbocycles. The van der Waals surface area contributed by atoms with Crippen molar-refractivity contribution in [3.8, 4) is 6.07 Å². The molecule has 4 fully saturated rings. The molecule has 5 atom stereocenters. The summed E-state index contributed by atoms with van der Waals surface area (Å²) in [4.78, 5) is 19.7. The minimum Gasteiger partial charge on any atom is -0.358 e. The number of likely N-dealkylation sites (tertiary alicyclic amines) is 3. The van der Waals surface area contributed by atoms with Gasteiger partial charge >= 0.3 is 0 Å². The van der Waals surface area contributed by atoms with Crippen molar-refractivity contribution in [3.63, 3.8) is 0 Å². The van der Waals surface area contributed by atoms with Gasteiger partial charge in [-0.3, -0.25) is 9.69 Å². The first-order valence-electron chi connectivity index (χ1n) is 11.4. The average molecular weight is 424 g/mol. The Bertz CT molecular complexity index is 908. The minimum absolute atomic E-state index is 0.0508. The number of carbonyl (C=O) groups excluding carboxylic acids is 1. The maximum Gasteiger partial charge on any atom is 0.240 e. The van der Waals surface area contributed by atoms with E-state index in [0.717, 1.165) is 56.5 Å². The highest BCUT2D eigenvalue weighted by atomic mass is 19.1. The first-order chi connectivity index (χ1) is 15.0. The lowest BCUT2D eigenvalue weighted by Crippen LogP contribution is -2.55. The van der Waals surface area contributed by atoms with Crippen molar-refractivity contribution in [2.45, 2.75) is 62.3 Å². The van der Waals surface area contributed by atoms with Crippen molar-refractivity contribution >= 4 is 5.91 Å². The zero-order valence-corrected chi connectivity index (χ0v) is 17.8. The zero-order chi connectivity index (χ0) is 21.7. The van der Waals surface area contributed by atoms with E-state index in [9.17, 15) is 14.4 Å². The van der Waals surface area contributed by atoms with Gasteiger partial charge in [-0.15, -0.1) is 0 Å². The molecule has 3 aliphatic heterocycles. The molecule has 6 nitrogen and oxygen atoms in total. The number of benzene rings is 1. The van der Waals surface area contributed by atoms with Gasteiger partial charge in [0, 0.05) is 31.4 Å². The maximum atomic E-state index is 13.4.